The smallest absolute Gasteiger partial charge is 0.289 e. The number of carbonyl (C=O) groups is 2. The first-order valence-corrected chi connectivity index (χ1v) is 9.56. The molecule has 0 saturated carbocycles. The monoisotopic (exact) mass is 417 g/mol. The van der Waals surface area contributed by atoms with Gasteiger partial charge in [0.15, 0.2) is 17.3 Å². The Morgan fingerprint density at radius 1 is 1.13 bits per heavy atom. The van der Waals surface area contributed by atoms with E-state index in [0.717, 1.165) is 0 Å². The van der Waals surface area contributed by atoms with Crippen LogP contribution in [0.1, 0.15) is 16.3 Å². The van der Waals surface area contributed by atoms with Crippen LogP contribution < -0.4 is 19.5 Å². The van der Waals surface area contributed by atoms with Crippen molar-refractivity contribution in [3.8, 4) is 17.2 Å². The largest absolute Gasteiger partial charge is 0.494 e. The molecule has 3 heterocycles. The van der Waals surface area contributed by atoms with E-state index in [-0.39, 0.29) is 37.5 Å². The number of nitrogens with zero attached hydrogens (tertiary/aromatic N) is 2. The summed E-state index contributed by atoms with van der Waals surface area (Å²) in [5, 5.41) is 11.9. The van der Waals surface area contributed by atoms with E-state index in [1.807, 2.05) is 4.90 Å². The molecule has 2 amide bonds. The summed E-state index contributed by atoms with van der Waals surface area (Å²) in [6.45, 7) is 2.16. The molecule has 0 atom stereocenters. The quantitative estimate of drug-likeness (QED) is 0.713. The molecule has 1 fully saturated rings. The van der Waals surface area contributed by atoms with Gasteiger partial charge in [0.05, 0.1) is 19.3 Å². The molecule has 30 heavy (non-hydrogen) atoms. The first-order valence-electron chi connectivity index (χ1n) is 9.56. The second kappa shape index (κ2) is 8.64. The molecule has 0 spiro atoms. The molecule has 2 aromatic rings. The highest BCUT2D eigenvalue weighted by atomic mass is 16.7. The summed E-state index contributed by atoms with van der Waals surface area (Å²) in [7, 11) is 1.52. The maximum absolute atomic E-state index is 12.5. The van der Waals surface area contributed by atoms with Gasteiger partial charge in [0.1, 0.15) is 18.1 Å². The number of nitrogens with one attached hydrogen (secondary N) is 1. The van der Waals surface area contributed by atoms with E-state index in [0.29, 0.717) is 54.9 Å². The molecule has 10 heteroatoms. The summed E-state index contributed by atoms with van der Waals surface area (Å²) >= 11 is 0. The Balaban J connectivity index is 1.30. The number of carbonyl (C=O) groups excluding carboxylic acids is 2. The van der Waals surface area contributed by atoms with Crippen molar-refractivity contribution in [3.63, 3.8) is 0 Å². The molecule has 10 nitrogen and oxygen atoms in total. The van der Waals surface area contributed by atoms with E-state index < -0.39 is 0 Å². The molecule has 1 aromatic heterocycles. The van der Waals surface area contributed by atoms with Crippen LogP contribution in [0.15, 0.2) is 28.7 Å². The van der Waals surface area contributed by atoms with Gasteiger partial charge in [-0.3, -0.25) is 14.5 Å². The van der Waals surface area contributed by atoms with Crippen LogP contribution in [0, 0.1) is 0 Å². The normalized spacial score (nSPS) is 15.9. The number of ether oxygens (including phenoxy) is 3. The van der Waals surface area contributed by atoms with Crippen LogP contribution >= 0.6 is 0 Å². The maximum atomic E-state index is 12.5. The first kappa shape index (κ1) is 20.0. The number of fused-ring (bicyclic) bond motifs is 1. The molecule has 4 rings (SSSR count). The molecule has 1 saturated heterocycles. The average Bonchev–Trinajstić information content (AvgIpc) is 3.42. The second-order valence-electron chi connectivity index (χ2n) is 6.95. The minimum absolute atomic E-state index is 0.137. The van der Waals surface area contributed by atoms with Gasteiger partial charge in [0.2, 0.25) is 12.7 Å². The lowest BCUT2D eigenvalue weighted by Gasteiger charge is -2.33. The van der Waals surface area contributed by atoms with Crippen molar-refractivity contribution < 1.29 is 33.3 Å². The van der Waals surface area contributed by atoms with Crippen LogP contribution in [0.25, 0.3) is 0 Å². The molecule has 0 radical (unpaired) electrons. The molecule has 2 aliphatic heterocycles. The number of aliphatic hydroxyl groups is 1. The van der Waals surface area contributed by atoms with Crippen molar-refractivity contribution in [3.05, 3.63) is 35.8 Å². The summed E-state index contributed by atoms with van der Waals surface area (Å²) in [4.78, 5) is 28.6. The number of piperazine rings is 1. The minimum Gasteiger partial charge on any atom is -0.494 e. The molecule has 1 aromatic carbocycles. The SMILES string of the molecule is COc1cc2c(cc1NC(=O)CN1CCN(C(=O)c3ccc(CO)o3)CC1)OCO2. The van der Waals surface area contributed by atoms with Crippen LogP contribution in [-0.2, 0) is 11.4 Å². The standard InChI is InChI=1S/C20H23N3O7/c1-27-16-9-18-17(28-12-29-18)8-14(16)21-19(25)10-22-4-6-23(7-5-22)20(26)15-3-2-13(11-24)30-15/h2-3,8-9,24H,4-7,10-12H2,1H3,(H,21,25). The zero-order valence-electron chi connectivity index (χ0n) is 16.6. The first-order chi connectivity index (χ1) is 14.6. The Hall–Kier alpha value is -3.24. The number of benzene rings is 1. The summed E-state index contributed by atoms with van der Waals surface area (Å²) in [6, 6.07) is 6.50. The summed E-state index contributed by atoms with van der Waals surface area (Å²) in [5.41, 5.74) is 0.512. The molecule has 2 aliphatic rings. The number of amides is 2. The van der Waals surface area contributed by atoms with Crippen LogP contribution in [0.2, 0.25) is 0 Å². The van der Waals surface area contributed by atoms with Crippen molar-refractivity contribution in [1.82, 2.24) is 9.80 Å². The van der Waals surface area contributed by atoms with E-state index in [1.165, 1.54) is 7.11 Å². The fourth-order valence-electron chi connectivity index (χ4n) is 3.43. The van der Waals surface area contributed by atoms with Gasteiger partial charge in [0.25, 0.3) is 5.91 Å². The van der Waals surface area contributed by atoms with Crippen LogP contribution in [-0.4, -0.2) is 73.3 Å². The van der Waals surface area contributed by atoms with Gasteiger partial charge in [-0.2, -0.15) is 0 Å². The third kappa shape index (κ3) is 4.19. The molecule has 160 valence electrons. The van der Waals surface area contributed by atoms with Crippen LogP contribution in [0.3, 0.4) is 0 Å². The zero-order chi connectivity index (χ0) is 21.1. The van der Waals surface area contributed by atoms with Crippen molar-refractivity contribution >= 4 is 17.5 Å². The summed E-state index contributed by atoms with van der Waals surface area (Å²) < 4.78 is 21.3. The van der Waals surface area contributed by atoms with Crippen LogP contribution in [0.5, 0.6) is 17.2 Å². The van der Waals surface area contributed by atoms with E-state index in [4.69, 9.17) is 23.7 Å². The Kier molecular flexibility index (Phi) is 5.77. The van der Waals surface area contributed by atoms with Gasteiger partial charge in [0, 0.05) is 38.3 Å². The van der Waals surface area contributed by atoms with Crippen molar-refractivity contribution in [2.24, 2.45) is 0 Å². The molecular weight excluding hydrogens is 394 g/mol. The average molecular weight is 417 g/mol. The lowest BCUT2D eigenvalue weighted by atomic mass is 10.2. The fourth-order valence-corrected chi connectivity index (χ4v) is 3.43. The number of furan rings is 1. The Bertz CT molecular complexity index is 934. The van der Waals surface area contributed by atoms with E-state index in [9.17, 15) is 9.59 Å². The van der Waals surface area contributed by atoms with Crippen molar-refractivity contribution in [1.29, 1.82) is 0 Å². The molecule has 0 aliphatic carbocycles. The van der Waals surface area contributed by atoms with Crippen molar-refractivity contribution in [2.45, 2.75) is 6.61 Å². The lowest BCUT2D eigenvalue weighted by Crippen LogP contribution is -2.50. The fraction of sp³-hybridized carbons (Fsp3) is 0.400. The Labute approximate surface area is 172 Å². The molecule has 0 unspecified atom stereocenters. The third-order valence-electron chi connectivity index (χ3n) is 5.02. The predicted octanol–water partition coefficient (Wildman–Crippen LogP) is 0.906. The lowest BCUT2D eigenvalue weighted by molar-refractivity contribution is -0.117. The number of anilines is 1. The number of hydrogen-bond acceptors (Lipinski definition) is 8. The molecular formula is C20H23N3O7. The number of rotatable bonds is 6. The maximum Gasteiger partial charge on any atom is 0.289 e. The van der Waals surface area contributed by atoms with E-state index >= 15 is 0 Å². The highest BCUT2D eigenvalue weighted by Gasteiger charge is 2.26. The molecule has 0 bridgehead atoms. The Morgan fingerprint density at radius 3 is 2.53 bits per heavy atom. The molecule has 2 N–H and O–H groups in total. The number of aliphatic hydroxyl groups excluding tert-OH is 1. The minimum atomic E-state index is -0.246. The number of hydrogen-bond donors (Lipinski definition) is 2. The predicted molar refractivity (Wildman–Crippen MR) is 105 cm³/mol. The summed E-state index contributed by atoms with van der Waals surface area (Å²) in [6.07, 6.45) is 0. The van der Waals surface area contributed by atoms with Crippen molar-refractivity contribution in [2.75, 3.05) is 51.9 Å². The topological polar surface area (TPSA) is 114 Å². The van der Waals surface area contributed by atoms with Crippen LogP contribution in [0.4, 0.5) is 5.69 Å². The van der Waals surface area contributed by atoms with Gasteiger partial charge >= 0.3 is 0 Å². The van der Waals surface area contributed by atoms with E-state index in [2.05, 4.69) is 5.32 Å². The third-order valence-corrected chi connectivity index (χ3v) is 5.02. The van der Waals surface area contributed by atoms with E-state index in [1.54, 1.807) is 29.2 Å². The Morgan fingerprint density at radius 2 is 1.87 bits per heavy atom. The number of methoxy groups -OCH3 is 1. The van der Waals surface area contributed by atoms with Gasteiger partial charge in [-0.25, -0.2) is 0 Å². The highest BCUT2D eigenvalue weighted by molar-refractivity contribution is 5.94. The second-order valence-corrected chi connectivity index (χ2v) is 6.95. The van der Waals surface area contributed by atoms with Gasteiger partial charge in [-0.05, 0) is 12.1 Å². The highest BCUT2D eigenvalue weighted by Crippen LogP contribution is 2.40. The van der Waals surface area contributed by atoms with Gasteiger partial charge in [-0.15, -0.1) is 0 Å². The summed E-state index contributed by atoms with van der Waals surface area (Å²) in [5.74, 6) is 1.78. The van der Waals surface area contributed by atoms with Gasteiger partial charge in [-0.1, -0.05) is 0 Å². The zero-order valence-corrected chi connectivity index (χ0v) is 16.6. The van der Waals surface area contributed by atoms with Gasteiger partial charge < -0.3 is 34.0 Å².